The molecule has 0 radical (unpaired) electrons. The van der Waals surface area contributed by atoms with E-state index in [1.165, 1.54) is 0 Å². The molecule has 0 fully saturated rings. The van der Waals surface area contributed by atoms with Crippen molar-refractivity contribution in [2.45, 2.75) is 20.8 Å². The zero-order valence-corrected chi connectivity index (χ0v) is 12.9. The van der Waals surface area contributed by atoms with Gasteiger partial charge in [0, 0.05) is 18.0 Å². The van der Waals surface area contributed by atoms with Crippen molar-refractivity contribution in [1.82, 2.24) is 4.98 Å². The Morgan fingerprint density at radius 3 is 2.64 bits per heavy atom. The Morgan fingerprint density at radius 2 is 1.91 bits per heavy atom. The summed E-state index contributed by atoms with van der Waals surface area (Å²) in [5, 5.41) is 3.81. The Morgan fingerprint density at radius 1 is 1.18 bits per heavy atom. The molecule has 0 bridgehead atoms. The summed E-state index contributed by atoms with van der Waals surface area (Å²) in [5.74, 6) is 0.126. The number of pyridine rings is 1. The van der Waals surface area contributed by atoms with Crippen molar-refractivity contribution in [3.05, 3.63) is 59.4 Å². The van der Waals surface area contributed by atoms with Crippen LogP contribution in [-0.2, 0) is 9.63 Å². The normalized spacial score (nSPS) is 11.1. The van der Waals surface area contributed by atoms with Crippen LogP contribution in [0.15, 0.2) is 47.9 Å². The predicted octanol–water partition coefficient (Wildman–Crippen LogP) is 3.04. The summed E-state index contributed by atoms with van der Waals surface area (Å²) in [5.41, 5.74) is 3.56. The molecule has 0 saturated carbocycles. The molecular formula is C17H18N2O3. The molecule has 0 amide bonds. The van der Waals surface area contributed by atoms with E-state index in [0.717, 1.165) is 16.7 Å². The number of nitrogens with zero attached hydrogens (tertiary/aromatic N) is 2. The number of ether oxygens (including phenoxy) is 1. The molecule has 1 heterocycles. The van der Waals surface area contributed by atoms with E-state index in [4.69, 9.17) is 9.57 Å². The molecule has 0 saturated heterocycles. The number of hydrogen-bond donors (Lipinski definition) is 0. The van der Waals surface area contributed by atoms with Crippen LogP contribution in [0.4, 0.5) is 0 Å². The monoisotopic (exact) mass is 298 g/mol. The molecule has 0 aliphatic heterocycles. The van der Waals surface area contributed by atoms with Gasteiger partial charge in [-0.05, 0) is 50.1 Å². The van der Waals surface area contributed by atoms with E-state index in [9.17, 15) is 4.79 Å². The molecule has 0 unspecified atom stereocenters. The lowest BCUT2D eigenvalue weighted by Crippen LogP contribution is -2.14. The molecule has 0 N–H and O–H groups in total. The molecule has 2 rings (SSSR count). The fourth-order valence-corrected chi connectivity index (χ4v) is 1.81. The van der Waals surface area contributed by atoms with Gasteiger partial charge in [-0.2, -0.15) is 0 Å². The number of aromatic nitrogens is 1. The topological polar surface area (TPSA) is 60.8 Å². The van der Waals surface area contributed by atoms with Crippen LogP contribution in [0.3, 0.4) is 0 Å². The van der Waals surface area contributed by atoms with Gasteiger partial charge in [0.1, 0.15) is 5.75 Å². The average molecular weight is 298 g/mol. The first kappa shape index (κ1) is 15.7. The summed E-state index contributed by atoms with van der Waals surface area (Å²) in [6.07, 6.45) is 3.31. The number of hydrogen-bond acceptors (Lipinski definition) is 5. The van der Waals surface area contributed by atoms with Crippen LogP contribution in [0.2, 0.25) is 0 Å². The van der Waals surface area contributed by atoms with Crippen LogP contribution in [-0.4, -0.2) is 23.3 Å². The zero-order valence-electron chi connectivity index (χ0n) is 12.9. The molecule has 0 atom stereocenters. The third kappa shape index (κ3) is 4.15. The fraction of sp³-hybridized carbons (Fsp3) is 0.235. The minimum Gasteiger partial charge on any atom is -0.482 e. The zero-order chi connectivity index (χ0) is 15.9. The third-order valence-corrected chi connectivity index (χ3v) is 3.28. The molecule has 0 aliphatic rings. The average Bonchev–Trinajstić information content (AvgIpc) is 2.54. The van der Waals surface area contributed by atoms with Gasteiger partial charge in [0.2, 0.25) is 0 Å². The highest BCUT2D eigenvalue weighted by atomic mass is 16.7. The van der Waals surface area contributed by atoms with Gasteiger partial charge in [0.25, 0.3) is 0 Å². The maximum atomic E-state index is 11.7. The summed E-state index contributed by atoms with van der Waals surface area (Å²) in [7, 11) is 0. The SMILES string of the molecule is CC(=NOC(=O)COc1cccc(C)c1C)c1ccncc1. The van der Waals surface area contributed by atoms with Crippen molar-refractivity contribution in [3.8, 4) is 5.75 Å². The molecule has 0 spiro atoms. The minimum atomic E-state index is -0.547. The second-order valence-corrected chi connectivity index (χ2v) is 4.86. The van der Waals surface area contributed by atoms with Crippen LogP contribution < -0.4 is 4.74 Å². The Hall–Kier alpha value is -2.69. The smallest absolute Gasteiger partial charge is 0.372 e. The van der Waals surface area contributed by atoms with Gasteiger partial charge in [-0.3, -0.25) is 4.98 Å². The summed E-state index contributed by atoms with van der Waals surface area (Å²) in [4.78, 5) is 20.5. The highest BCUT2D eigenvalue weighted by Gasteiger charge is 2.07. The number of aryl methyl sites for hydroxylation is 1. The number of benzene rings is 1. The quantitative estimate of drug-likeness (QED) is 0.483. The molecule has 5 nitrogen and oxygen atoms in total. The number of carbonyl (C=O) groups excluding carboxylic acids is 1. The first-order valence-electron chi connectivity index (χ1n) is 6.92. The van der Waals surface area contributed by atoms with Crippen LogP contribution in [0, 0.1) is 13.8 Å². The van der Waals surface area contributed by atoms with Gasteiger partial charge in [-0.25, -0.2) is 4.79 Å². The van der Waals surface area contributed by atoms with E-state index in [-0.39, 0.29) is 6.61 Å². The van der Waals surface area contributed by atoms with Crippen molar-refractivity contribution < 1.29 is 14.4 Å². The fourth-order valence-electron chi connectivity index (χ4n) is 1.81. The lowest BCUT2D eigenvalue weighted by Gasteiger charge is -2.09. The summed E-state index contributed by atoms with van der Waals surface area (Å²) < 4.78 is 5.46. The maximum Gasteiger partial charge on any atom is 0.372 e. The largest absolute Gasteiger partial charge is 0.482 e. The second-order valence-electron chi connectivity index (χ2n) is 4.86. The number of carbonyl (C=O) groups is 1. The highest BCUT2D eigenvalue weighted by Crippen LogP contribution is 2.20. The van der Waals surface area contributed by atoms with Crippen LogP contribution in [0.1, 0.15) is 23.6 Å². The van der Waals surface area contributed by atoms with E-state index in [0.29, 0.717) is 11.5 Å². The van der Waals surface area contributed by atoms with Gasteiger partial charge in [-0.15, -0.1) is 0 Å². The van der Waals surface area contributed by atoms with Crippen LogP contribution >= 0.6 is 0 Å². The summed E-state index contributed by atoms with van der Waals surface area (Å²) >= 11 is 0. The molecule has 0 aliphatic carbocycles. The lowest BCUT2D eigenvalue weighted by molar-refractivity contribution is -0.146. The second kappa shape index (κ2) is 7.36. The van der Waals surface area contributed by atoms with Gasteiger partial charge in [0.05, 0.1) is 5.71 Å². The lowest BCUT2D eigenvalue weighted by atomic mass is 10.1. The Balaban J connectivity index is 1.90. The number of rotatable bonds is 5. The van der Waals surface area contributed by atoms with Crippen molar-refractivity contribution in [2.24, 2.45) is 5.16 Å². The van der Waals surface area contributed by atoms with Crippen molar-refractivity contribution in [1.29, 1.82) is 0 Å². The molecule has 2 aromatic rings. The van der Waals surface area contributed by atoms with Gasteiger partial charge in [0.15, 0.2) is 6.61 Å². The first-order chi connectivity index (χ1) is 10.6. The van der Waals surface area contributed by atoms with Crippen molar-refractivity contribution in [2.75, 3.05) is 6.61 Å². The van der Waals surface area contributed by atoms with E-state index >= 15 is 0 Å². The van der Waals surface area contributed by atoms with Gasteiger partial charge >= 0.3 is 5.97 Å². The van der Waals surface area contributed by atoms with E-state index in [1.54, 1.807) is 31.5 Å². The Labute approximate surface area is 129 Å². The van der Waals surface area contributed by atoms with Crippen molar-refractivity contribution >= 4 is 11.7 Å². The maximum absolute atomic E-state index is 11.7. The third-order valence-electron chi connectivity index (χ3n) is 3.28. The molecule has 114 valence electrons. The van der Waals surface area contributed by atoms with Gasteiger partial charge in [-0.1, -0.05) is 17.3 Å². The van der Waals surface area contributed by atoms with Gasteiger partial charge < -0.3 is 9.57 Å². The standard InChI is InChI=1S/C17H18N2O3/c1-12-5-4-6-16(13(12)2)21-11-17(20)22-19-14(3)15-7-9-18-10-8-15/h4-10H,11H2,1-3H3. The predicted molar refractivity (Wildman–Crippen MR) is 84.0 cm³/mol. The van der Waals surface area contributed by atoms with E-state index < -0.39 is 5.97 Å². The first-order valence-corrected chi connectivity index (χ1v) is 6.92. The molecular weight excluding hydrogens is 280 g/mol. The number of oxime groups is 1. The molecule has 5 heteroatoms. The highest BCUT2D eigenvalue weighted by molar-refractivity contribution is 5.98. The Bertz CT molecular complexity index is 682. The molecule has 22 heavy (non-hydrogen) atoms. The van der Waals surface area contributed by atoms with Crippen molar-refractivity contribution in [3.63, 3.8) is 0 Å². The Kier molecular flexibility index (Phi) is 5.25. The van der Waals surface area contributed by atoms with E-state index in [2.05, 4.69) is 10.1 Å². The summed E-state index contributed by atoms with van der Waals surface area (Å²) in [6, 6.07) is 9.28. The molecule has 1 aromatic carbocycles. The van der Waals surface area contributed by atoms with Crippen LogP contribution in [0.25, 0.3) is 0 Å². The van der Waals surface area contributed by atoms with Crippen LogP contribution in [0.5, 0.6) is 5.75 Å². The van der Waals surface area contributed by atoms with E-state index in [1.807, 2.05) is 32.0 Å². The molecule has 1 aromatic heterocycles. The summed E-state index contributed by atoms with van der Waals surface area (Å²) in [6.45, 7) is 5.51. The minimum absolute atomic E-state index is 0.183.